The summed E-state index contributed by atoms with van der Waals surface area (Å²) in [5, 5.41) is 19.1. The van der Waals surface area contributed by atoms with Crippen LogP contribution in [0.25, 0.3) is 0 Å². The summed E-state index contributed by atoms with van der Waals surface area (Å²) in [6.07, 6.45) is -2.41. The molecule has 0 aliphatic carbocycles. The summed E-state index contributed by atoms with van der Waals surface area (Å²) in [6, 6.07) is 0. The SMILES string of the molecule is Nc1nc(=O)n([C@H]2C[C@H](O)[C@@H](COP(=O)(O)OP(=O)(O)O)O2)cc1CO. The van der Waals surface area contributed by atoms with Crippen LogP contribution >= 0.6 is 15.6 Å². The topological polar surface area (TPSA) is 224 Å². The maximum Gasteiger partial charge on any atom is 0.481 e. The number of hydrogen-bond acceptors (Lipinski definition) is 10. The third kappa shape index (κ3) is 5.41. The Morgan fingerprint density at radius 3 is 2.62 bits per heavy atom. The normalized spacial score (nSPS) is 26.0. The lowest BCUT2D eigenvalue weighted by atomic mass is 10.2. The van der Waals surface area contributed by atoms with Crippen molar-refractivity contribution < 1.29 is 47.6 Å². The molecule has 0 saturated carbocycles. The molecule has 0 spiro atoms. The predicted molar refractivity (Wildman–Crippen MR) is 82.3 cm³/mol. The summed E-state index contributed by atoms with van der Waals surface area (Å²) in [4.78, 5) is 41.6. The molecule has 26 heavy (non-hydrogen) atoms. The maximum atomic E-state index is 11.9. The quantitative estimate of drug-likeness (QED) is 0.269. The first-order valence-electron chi connectivity index (χ1n) is 6.98. The van der Waals surface area contributed by atoms with E-state index in [1.54, 1.807) is 0 Å². The Hall–Kier alpha value is -1.18. The van der Waals surface area contributed by atoms with Gasteiger partial charge in [-0.15, -0.1) is 0 Å². The average molecular weight is 417 g/mol. The number of phosphoric acid groups is 2. The van der Waals surface area contributed by atoms with E-state index in [9.17, 15) is 23.9 Å². The standard InChI is InChI=1S/C10H17N3O11P2/c11-9-5(3-14)2-13(10(16)12-9)8-1-6(15)7(23-8)4-22-26(20,21)24-25(17,18)19/h2,6-8,14-15H,1,3-4H2,(H,20,21)(H2,11,12,16)(H2,17,18,19)/t6-,7+,8+/m0/s1. The zero-order valence-corrected chi connectivity index (χ0v) is 14.8. The lowest BCUT2D eigenvalue weighted by molar-refractivity contribution is -0.0450. The van der Waals surface area contributed by atoms with E-state index in [1.807, 2.05) is 0 Å². The molecule has 1 aliphatic rings. The molecular weight excluding hydrogens is 400 g/mol. The van der Waals surface area contributed by atoms with Gasteiger partial charge in [-0.1, -0.05) is 0 Å². The monoisotopic (exact) mass is 417 g/mol. The first kappa shape index (κ1) is 21.1. The minimum Gasteiger partial charge on any atom is -0.391 e. The lowest BCUT2D eigenvalue weighted by Gasteiger charge is -2.18. The predicted octanol–water partition coefficient (Wildman–Crippen LogP) is -1.81. The Labute approximate surface area is 145 Å². The number of aliphatic hydroxyl groups excluding tert-OH is 2. The molecule has 1 unspecified atom stereocenters. The van der Waals surface area contributed by atoms with Crippen LogP contribution in [0.1, 0.15) is 18.2 Å². The molecule has 14 nitrogen and oxygen atoms in total. The van der Waals surface area contributed by atoms with Crippen molar-refractivity contribution in [2.45, 2.75) is 31.5 Å². The maximum absolute atomic E-state index is 11.9. The molecule has 148 valence electrons. The number of nitrogen functional groups attached to an aromatic ring is 1. The van der Waals surface area contributed by atoms with Gasteiger partial charge in [0, 0.05) is 18.2 Å². The van der Waals surface area contributed by atoms with Crippen molar-refractivity contribution in [2.24, 2.45) is 0 Å². The number of rotatable bonds is 7. The van der Waals surface area contributed by atoms with Crippen LogP contribution in [-0.2, 0) is 29.3 Å². The van der Waals surface area contributed by atoms with Crippen LogP contribution in [0.4, 0.5) is 5.82 Å². The second-order valence-electron chi connectivity index (χ2n) is 5.27. The Balaban J connectivity index is 2.07. The van der Waals surface area contributed by atoms with Crippen molar-refractivity contribution in [1.82, 2.24) is 9.55 Å². The number of aliphatic hydroxyl groups is 2. The molecular formula is C10H17N3O11P2. The second-order valence-corrected chi connectivity index (χ2v) is 8.10. The molecule has 0 amide bonds. The lowest BCUT2D eigenvalue weighted by Crippen LogP contribution is -2.29. The van der Waals surface area contributed by atoms with Crippen LogP contribution in [-0.4, -0.2) is 53.3 Å². The first-order chi connectivity index (χ1) is 11.9. The van der Waals surface area contributed by atoms with Crippen LogP contribution < -0.4 is 11.4 Å². The highest BCUT2D eigenvalue weighted by atomic mass is 31.3. The van der Waals surface area contributed by atoms with Crippen molar-refractivity contribution in [1.29, 1.82) is 0 Å². The van der Waals surface area contributed by atoms with E-state index in [2.05, 4.69) is 13.8 Å². The van der Waals surface area contributed by atoms with E-state index in [0.29, 0.717) is 0 Å². The number of nitrogens with two attached hydrogens (primary N) is 1. The molecule has 0 radical (unpaired) electrons. The fourth-order valence-electron chi connectivity index (χ4n) is 2.21. The van der Waals surface area contributed by atoms with Crippen LogP contribution in [0.2, 0.25) is 0 Å². The van der Waals surface area contributed by atoms with Gasteiger partial charge in [0.2, 0.25) is 0 Å². The van der Waals surface area contributed by atoms with Gasteiger partial charge in [-0.05, 0) is 0 Å². The number of ether oxygens (including phenoxy) is 1. The molecule has 4 atom stereocenters. The smallest absolute Gasteiger partial charge is 0.391 e. The second kappa shape index (κ2) is 7.82. The third-order valence-electron chi connectivity index (χ3n) is 3.36. The minimum absolute atomic E-state index is 0.126. The fourth-order valence-corrected chi connectivity index (χ4v) is 3.81. The molecule has 1 aliphatic heterocycles. The Kier molecular flexibility index (Phi) is 6.36. The molecule has 0 bridgehead atoms. The first-order valence-corrected chi connectivity index (χ1v) is 10.0. The molecule has 0 aromatic carbocycles. The van der Waals surface area contributed by atoms with Crippen molar-refractivity contribution in [2.75, 3.05) is 12.3 Å². The minimum atomic E-state index is -5.27. The highest BCUT2D eigenvalue weighted by molar-refractivity contribution is 7.60. The summed E-state index contributed by atoms with van der Waals surface area (Å²) < 4.78 is 36.3. The molecule has 1 fully saturated rings. The molecule has 16 heteroatoms. The van der Waals surface area contributed by atoms with Crippen LogP contribution in [0.3, 0.4) is 0 Å². The van der Waals surface area contributed by atoms with Gasteiger partial charge in [0.15, 0.2) is 0 Å². The average Bonchev–Trinajstić information content (AvgIpc) is 2.84. The summed E-state index contributed by atoms with van der Waals surface area (Å²) >= 11 is 0. The van der Waals surface area contributed by atoms with Crippen LogP contribution in [0, 0.1) is 0 Å². The number of hydrogen-bond donors (Lipinski definition) is 6. The Morgan fingerprint density at radius 1 is 1.38 bits per heavy atom. The zero-order chi connectivity index (χ0) is 19.7. The highest BCUT2D eigenvalue weighted by Crippen LogP contribution is 2.57. The van der Waals surface area contributed by atoms with Gasteiger partial charge in [-0.25, -0.2) is 13.9 Å². The van der Waals surface area contributed by atoms with Gasteiger partial charge >= 0.3 is 21.3 Å². The summed E-state index contributed by atoms with van der Waals surface area (Å²) in [7, 11) is -10.4. The molecule has 2 rings (SSSR count). The highest BCUT2D eigenvalue weighted by Gasteiger charge is 2.39. The molecule has 1 saturated heterocycles. The van der Waals surface area contributed by atoms with Gasteiger partial charge in [-0.2, -0.15) is 9.29 Å². The van der Waals surface area contributed by atoms with E-state index >= 15 is 0 Å². The van der Waals surface area contributed by atoms with Crippen LogP contribution in [0.5, 0.6) is 0 Å². The number of aromatic nitrogens is 2. The Bertz CT molecular complexity index is 808. The van der Waals surface area contributed by atoms with E-state index in [4.69, 9.17) is 25.4 Å². The van der Waals surface area contributed by atoms with E-state index < -0.39 is 53.0 Å². The van der Waals surface area contributed by atoms with Crippen molar-refractivity contribution in [3.63, 3.8) is 0 Å². The number of nitrogens with zero attached hydrogens (tertiary/aromatic N) is 2. The molecule has 7 N–H and O–H groups in total. The van der Waals surface area contributed by atoms with E-state index in [0.717, 1.165) is 4.57 Å². The van der Waals surface area contributed by atoms with Gasteiger partial charge in [-0.3, -0.25) is 9.09 Å². The zero-order valence-electron chi connectivity index (χ0n) is 13.0. The molecule has 2 heterocycles. The Morgan fingerprint density at radius 2 is 2.04 bits per heavy atom. The fraction of sp³-hybridized carbons (Fsp3) is 0.600. The van der Waals surface area contributed by atoms with Crippen molar-refractivity contribution >= 4 is 21.5 Å². The van der Waals surface area contributed by atoms with E-state index in [1.165, 1.54) is 6.20 Å². The summed E-state index contributed by atoms with van der Waals surface area (Å²) in [5.41, 5.74) is 4.81. The molecule has 1 aromatic rings. The van der Waals surface area contributed by atoms with Crippen LogP contribution in [0.15, 0.2) is 11.0 Å². The van der Waals surface area contributed by atoms with E-state index in [-0.39, 0.29) is 17.8 Å². The van der Waals surface area contributed by atoms with Crippen molar-refractivity contribution in [3.05, 3.63) is 22.2 Å². The summed E-state index contributed by atoms with van der Waals surface area (Å²) in [5.74, 6) is -0.164. The largest absolute Gasteiger partial charge is 0.481 e. The number of anilines is 1. The van der Waals surface area contributed by atoms with Gasteiger partial charge in [0.25, 0.3) is 0 Å². The number of phosphoric ester groups is 1. The third-order valence-corrected chi connectivity index (χ3v) is 5.51. The van der Waals surface area contributed by atoms with Gasteiger partial charge in [0.05, 0.1) is 19.3 Å². The summed E-state index contributed by atoms with van der Waals surface area (Å²) in [6.45, 7) is -1.25. The van der Waals surface area contributed by atoms with Gasteiger partial charge in [0.1, 0.15) is 18.1 Å². The molecule has 1 aromatic heterocycles. The van der Waals surface area contributed by atoms with Crippen molar-refractivity contribution in [3.8, 4) is 0 Å². The van der Waals surface area contributed by atoms with Gasteiger partial charge < -0.3 is 35.4 Å².